The van der Waals surface area contributed by atoms with Gasteiger partial charge in [-0.25, -0.2) is 0 Å². The molecule has 2 N–H and O–H groups in total. The molecule has 1 fully saturated rings. The van der Waals surface area contributed by atoms with Gasteiger partial charge in [0.1, 0.15) is 5.75 Å². The summed E-state index contributed by atoms with van der Waals surface area (Å²) in [6, 6.07) is 5.99. The van der Waals surface area contributed by atoms with Crippen LogP contribution in [0.2, 0.25) is 0 Å². The SMILES string of the molecule is Cc1cc(OC(C)C)ccc1C(O)C(C)CN1CCNCC1. The van der Waals surface area contributed by atoms with Crippen molar-refractivity contribution in [3.63, 3.8) is 0 Å². The monoisotopic (exact) mass is 306 g/mol. The van der Waals surface area contributed by atoms with Crippen molar-refractivity contribution in [1.82, 2.24) is 10.2 Å². The number of ether oxygens (including phenoxy) is 1. The van der Waals surface area contributed by atoms with Gasteiger partial charge in [0.25, 0.3) is 0 Å². The van der Waals surface area contributed by atoms with E-state index in [9.17, 15) is 5.11 Å². The molecule has 2 rings (SSSR count). The lowest BCUT2D eigenvalue weighted by molar-refractivity contribution is 0.0837. The van der Waals surface area contributed by atoms with Gasteiger partial charge in [0.05, 0.1) is 12.2 Å². The maximum absolute atomic E-state index is 10.7. The van der Waals surface area contributed by atoms with Crippen LogP contribution in [0.25, 0.3) is 0 Å². The molecular formula is C18H30N2O2. The molecule has 0 amide bonds. The Bertz CT molecular complexity index is 470. The summed E-state index contributed by atoms with van der Waals surface area (Å²) in [5.41, 5.74) is 2.11. The first-order valence-corrected chi connectivity index (χ1v) is 8.35. The van der Waals surface area contributed by atoms with Crippen molar-refractivity contribution < 1.29 is 9.84 Å². The van der Waals surface area contributed by atoms with Crippen LogP contribution in [0.4, 0.5) is 0 Å². The number of hydrogen-bond acceptors (Lipinski definition) is 4. The molecule has 22 heavy (non-hydrogen) atoms. The van der Waals surface area contributed by atoms with Crippen LogP contribution in [-0.4, -0.2) is 48.8 Å². The molecule has 2 atom stereocenters. The highest BCUT2D eigenvalue weighted by molar-refractivity contribution is 5.36. The molecule has 0 aliphatic carbocycles. The highest BCUT2D eigenvalue weighted by Gasteiger charge is 2.22. The molecule has 1 saturated heterocycles. The third kappa shape index (κ3) is 4.70. The number of aryl methyl sites for hydroxylation is 1. The van der Waals surface area contributed by atoms with E-state index in [1.54, 1.807) is 0 Å². The third-order valence-electron chi connectivity index (χ3n) is 4.23. The van der Waals surface area contributed by atoms with Gasteiger partial charge in [-0.3, -0.25) is 0 Å². The number of hydrogen-bond donors (Lipinski definition) is 2. The summed E-state index contributed by atoms with van der Waals surface area (Å²) >= 11 is 0. The summed E-state index contributed by atoms with van der Waals surface area (Å²) in [5, 5.41) is 14.1. The molecule has 124 valence electrons. The Morgan fingerprint density at radius 1 is 1.23 bits per heavy atom. The minimum absolute atomic E-state index is 0.168. The number of nitrogens with one attached hydrogen (secondary N) is 1. The van der Waals surface area contributed by atoms with Gasteiger partial charge < -0.3 is 20.1 Å². The quantitative estimate of drug-likeness (QED) is 0.847. The molecular weight excluding hydrogens is 276 g/mol. The van der Waals surface area contributed by atoms with E-state index in [2.05, 4.69) is 17.1 Å². The minimum atomic E-state index is -0.428. The number of benzene rings is 1. The molecule has 4 heteroatoms. The summed E-state index contributed by atoms with van der Waals surface area (Å²) in [6.45, 7) is 13.4. The lowest BCUT2D eigenvalue weighted by Crippen LogP contribution is -2.45. The van der Waals surface area contributed by atoms with E-state index in [4.69, 9.17) is 4.74 Å². The second kappa shape index (κ2) is 7.95. The molecule has 1 aromatic rings. The largest absolute Gasteiger partial charge is 0.491 e. The molecule has 1 aliphatic heterocycles. The summed E-state index contributed by atoms with van der Waals surface area (Å²) in [7, 11) is 0. The van der Waals surface area contributed by atoms with E-state index in [0.29, 0.717) is 0 Å². The van der Waals surface area contributed by atoms with Crippen molar-refractivity contribution in [2.75, 3.05) is 32.7 Å². The second-order valence-electron chi connectivity index (χ2n) is 6.66. The summed E-state index contributed by atoms with van der Waals surface area (Å²) in [5.74, 6) is 1.09. The third-order valence-corrected chi connectivity index (χ3v) is 4.23. The Balaban J connectivity index is 1.99. The van der Waals surface area contributed by atoms with E-state index in [1.807, 2.05) is 39.0 Å². The first kappa shape index (κ1) is 17.3. The van der Waals surface area contributed by atoms with Crippen molar-refractivity contribution in [3.8, 4) is 5.75 Å². The number of piperazine rings is 1. The Labute approximate surface area is 134 Å². The Morgan fingerprint density at radius 3 is 2.50 bits per heavy atom. The van der Waals surface area contributed by atoms with Gasteiger partial charge in [-0.1, -0.05) is 13.0 Å². The standard InChI is InChI=1S/C18H30N2O2/c1-13(2)22-16-5-6-17(14(3)11-16)18(21)15(4)12-20-9-7-19-8-10-20/h5-6,11,13,15,18-19,21H,7-10,12H2,1-4H3. The normalized spacial score (nSPS) is 19.2. The van der Waals surface area contributed by atoms with Crippen molar-refractivity contribution in [1.29, 1.82) is 0 Å². The smallest absolute Gasteiger partial charge is 0.119 e. The van der Waals surface area contributed by atoms with Crippen LogP contribution in [-0.2, 0) is 0 Å². The molecule has 0 aromatic heterocycles. The first-order valence-electron chi connectivity index (χ1n) is 8.35. The van der Waals surface area contributed by atoms with Gasteiger partial charge in [0.2, 0.25) is 0 Å². The van der Waals surface area contributed by atoms with Crippen molar-refractivity contribution in [2.24, 2.45) is 5.92 Å². The van der Waals surface area contributed by atoms with Crippen LogP contribution < -0.4 is 10.1 Å². The van der Waals surface area contributed by atoms with E-state index >= 15 is 0 Å². The lowest BCUT2D eigenvalue weighted by Gasteiger charge is -2.31. The topological polar surface area (TPSA) is 44.7 Å². The van der Waals surface area contributed by atoms with Gasteiger partial charge >= 0.3 is 0 Å². The average molecular weight is 306 g/mol. The van der Waals surface area contributed by atoms with Crippen LogP contribution >= 0.6 is 0 Å². The number of rotatable bonds is 6. The molecule has 2 unspecified atom stereocenters. The molecule has 1 aliphatic rings. The summed E-state index contributed by atoms with van der Waals surface area (Å²) in [4.78, 5) is 2.43. The zero-order valence-electron chi connectivity index (χ0n) is 14.3. The van der Waals surface area contributed by atoms with Gasteiger partial charge in [0.15, 0.2) is 0 Å². The highest BCUT2D eigenvalue weighted by Crippen LogP contribution is 2.28. The Hall–Kier alpha value is -1.10. The molecule has 1 heterocycles. The fourth-order valence-corrected chi connectivity index (χ4v) is 3.03. The maximum Gasteiger partial charge on any atom is 0.119 e. The van der Waals surface area contributed by atoms with Gasteiger partial charge in [-0.05, 0) is 49.9 Å². The predicted molar refractivity (Wildman–Crippen MR) is 90.4 cm³/mol. The molecule has 0 spiro atoms. The lowest BCUT2D eigenvalue weighted by atomic mass is 9.93. The van der Waals surface area contributed by atoms with Gasteiger partial charge in [-0.2, -0.15) is 0 Å². The van der Waals surface area contributed by atoms with Crippen molar-refractivity contribution >= 4 is 0 Å². The number of aliphatic hydroxyl groups is 1. The zero-order valence-corrected chi connectivity index (χ0v) is 14.3. The summed E-state index contributed by atoms with van der Waals surface area (Å²) < 4.78 is 5.71. The molecule has 1 aromatic carbocycles. The van der Waals surface area contributed by atoms with Crippen LogP contribution in [0, 0.1) is 12.8 Å². The van der Waals surface area contributed by atoms with Gasteiger partial charge in [0, 0.05) is 32.7 Å². The van der Waals surface area contributed by atoms with Crippen LogP contribution in [0.5, 0.6) is 5.75 Å². The minimum Gasteiger partial charge on any atom is -0.491 e. The fourth-order valence-electron chi connectivity index (χ4n) is 3.03. The predicted octanol–water partition coefficient (Wildman–Crippen LogP) is 2.36. The van der Waals surface area contributed by atoms with Crippen LogP contribution in [0.15, 0.2) is 18.2 Å². The van der Waals surface area contributed by atoms with E-state index in [-0.39, 0.29) is 12.0 Å². The molecule has 0 saturated carbocycles. The number of nitrogens with zero attached hydrogens (tertiary/aromatic N) is 1. The maximum atomic E-state index is 10.7. The number of aliphatic hydroxyl groups excluding tert-OH is 1. The first-order chi connectivity index (χ1) is 10.5. The van der Waals surface area contributed by atoms with Crippen molar-refractivity contribution in [3.05, 3.63) is 29.3 Å². The molecule has 0 bridgehead atoms. The fraction of sp³-hybridized carbons (Fsp3) is 0.667. The van der Waals surface area contributed by atoms with E-state index in [0.717, 1.165) is 49.6 Å². The highest BCUT2D eigenvalue weighted by atomic mass is 16.5. The van der Waals surface area contributed by atoms with Crippen LogP contribution in [0.3, 0.4) is 0 Å². The van der Waals surface area contributed by atoms with E-state index in [1.165, 1.54) is 0 Å². The Morgan fingerprint density at radius 2 is 1.91 bits per heavy atom. The van der Waals surface area contributed by atoms with Crippen molar-refractivity contribution in [2.45, 2.75) is 39.9 Å². The van der Waals surface area contributed by atoms with E-state index < -0.39 is 6.10 Å². The Kier molecular flexibility index (Phi) is 6.24. The van der Waals surface area contributed by atoms with Gasteiger partial charge in [-0.15, -0.1) is 0 Å². The molecule has 0 radical (unpaired) electrons. The molecule has 4 nitrogen and oxygen atoms in total. The second-order valence-corrected chi connectivity index (χ2v) is 6.66. The zero-order chi connectivity index (χ0) is 16.1. The van der Waals surface area contributed by atoms with Crippen LogP contribution in [0.1, 0.15) is 38.0 Å². The summed E-state index contributed by atoms with van der Waals surface area (Å²) in [6.07, 6.45) is -0.259. The average Bonchev–Trinajstić information content (AvgIpc) is 2.47.